The summed E-state index contributed by atoms with van der Waals surface area (Å²) < 4.78 is 2.22. The molecule has 0 radical (unpaired) electrons. The Morgan fingerprint density at radius 3 is 2.89 bits per heavy atom. The zero-order valence-corrected chi connectivity index (χ0v) is 11.6. The summed E-state index contributed by atoms with van der Waals surface area (Å²) >= 11 is 0. The molecule has 0 aromatic carbocycles. The van der Waals surface area contributed by atoms with Crippen molar-refractivity contribution >= 4 is 28.8 Å². The highest BCUT2D eigenvalue weighted by molar-refractivity contribution is 5.96. The average molecular weight is 257 g/mol. The Labute approximate surface area is 112 Å². The molecule has 0 atom stereocenters. The molecule has 0 aliphatic carbocycles. The van der Waals surface area contributed by atoms with E-state index in [0.717, 1.165) is 47.6 Å². The fourth-order valence-electron chi connectivity index (χ4n) is 2.63. The van der Waals surface area contributed by atoms with Gasteiger partial charge in [0.05, 0.1) is 11.2 Å². The minimum absolute atomic E-state index is 0.524. The van der Waals surface area contributed by atoms with Crippen LogP contribution in [0.2, 0.25) is 0 Å². The predicted octanol–water partition coefficient (Wildman–Crippen LogP) is 2.63. The van der Waals surface area contributed by atoms with Crippen LogP contribution in [-0.2, 0) is 13.0 Å². The van der Waals surface area contributed by atoms with Gasteiger partial charge in [-0.25, -0.2) is 9.97 Å². The first-order valence-corrected chi connectivity index (χ1v) is 6.75. The van der Waals surface area contributed by atoms with Crippen molar-refractivity contribution in [3.8, 4) is 0 Å². The van der Waals surface area contributed by atoms with Gasteiger partial charge in [-0.15, -0.1) is 0 Å². The number of nitrogen functional groups attached to an aromatic ring is 1. The summed E-state index contributed by atoms with van der Waals surface area (Å²) in [5, 5.41) is 0. The molecule has 19 heavy (non-hydrogen) atoms. The van der Waals surface area contributed by atoms with Crippen molar-refractivity contribution in [2.24, 2.45) is 10.9 Å². The molecule has 3 rings (SSSR count). The van der Waals surface area contributed by atoms with E-state index >= 15 is 0 Å². The summed E-state index contributed by atoms with van der Waals surface area (Å²) in [6.07, 6.45) is 3.80. The summed E-state index contributed by atoms with van der Waals surface area (Å²) in [6.45, 7) is 7.34. The zero-order valence-electron chi connectivity index (χ0n) is 11.6. The summed E-state index contributed by atoms with van der Waals surface area (Å²) in [6, 6.07) is 0. The number of nitrogens with zero attached hydrogens (tertiary/aromatic N) is 4. The number of hydrogen-bond acceptors (Lipinski definition) is 4. The van der Waals surface area contributed by atoms with Gasteiger partial charge < -0.3 is 10.3 Å². The van der Waals surface area contributed by atoms with E-state index in [1.165, 1.54) is 0 Å². The van der Waals surface area contributed by atoms with Crippen molar-refractivity contribution in [1.29, 1.82) is 0 Å². The van der Waals surface area contributed by atoms with Crippen LogP contribution in [0.5, 0.6) is 0 Å². The van der Waals surface area contributed by atoms with Crippen LogP contribution in [0.4, 0.5) is 11.5 Å². The molecular weight excluding hydrogens is 238 g/mol. The number of fused-ring (bicyclic) bond motifs is 3. The van der Waals surface area contributed by atoms with E-state index in [4.69, 9.17) is 5.73 Å². The Morgan fingerprint density at radius 2 is 2.16 bits per heavy atom. The molecule has 3 heterocycles. The monoisotopic (exact) mass is 257 g/mol. The second-order valence-corrected chi connectivity index (χ2v) is 5.50. The Kier molecular flexibility index (Phi) is 2.77. The summed E-state index contributed by atoms with van der Waals surface area (Å²) in [5.41, 5.74) is 9.84. The first-order valence-electron chi connectivity index (χ1n) is 6.75. The maximum atomic E-state index is 6.05. The van der Waals surface area contributed by atoms with Crippen molar-refractivity contribution in [3.05, 3.63) is 11.5 Å². The number of aryl methyl sites for hydroxylation is 2. The van der Waals surface area contributed by atoms with Gasteiger partial charge in [0.25, 0.3) is 0 Å². The van der Waals surface area contributed by atoms with Gasteiger partial charge in [0, 0.05) is 12.8 Å². The molecule has 0 amide bonds. The van der Waals surface area contributed by atoms with Crippen molar-refractivity contribution in [2.75, 3.05) is 5.73 Å². The third-order valence-electron chi connectivity index (χ3n) is 3.43. The first-order chi connectivity index (χ1) is 9.08. The van der Waals surface area contributed by atoms with Crippen LogP contribution in [-0.4, -0.2) is 20.7 Å². The van der Waals surface area contributed by atoms with Gasteiger partial charge in [-0.1, -0.05) is 13.8 Å². The predicted molar refractivity (Wildman–Crippen MR) is 78.0 cm³/mol. The number of aliphatic imine (C=N–C) groups is 1. The summed E-state index contributed by atoms with van der Waals surface area (Å²) in [7, 11) is 0. The molecule has 0 spiro atoms. The molecule has 0 saturated heterocycles. The average Bonchev–Trinajstić information content (AvgIpc) is 2.68. The van der Waals surface area contributed by atoms with Gasteiger partial charge in [0.2, 0.25) is 0 Å². The quantitative estimate of drug-likeness (QED) is 0.899. The lowest BCUT2D eigenvalue weighted by atomic mass is 10.1. The van der Waals surface area contributed by atoms with E-state index in [2.05, 4.69) is 33.4 Å². The molecule has 2 aromatic heterocycles. The number of hydrogen-bond donors (Lipinski definition) is 1. The molecule has 0 fully saturated rings. The Morgan fingerprint density at radius 1 is 1.37 bits per heavy atom. The molecule has 0 saturated carbocycles. The van der Waals surface area contributed by atoms with Crippen molar-refractivity contribution in [1.82, 2.24) is 14.5 Å². The van der Waals surface area contributed by atoms with Crippen LogP contribution in [0.3, 0.4) is 0 Å². The molecular formula is C14H19N5. The summed E-state index contributed by atoms with van der Waals surface area (Å²) in [4.78, 5) is 13.6. The van der Waals surface area contributed by atoms with E-state index in [0.29, 0.717) is 11.7 Å². The topological polar surface area (TPSA) is 69.1 Å². The number of nitrogens with two attached hydrogens (primary N) is 1. The molecule has 0 unspecified atom stereocenters. The minimum Gasteiger partial charge on any atom is -0.382 e. The van der Waals surface area contributed by atoms with Crippen molar-refractivity contribution in [2.45, 2.75) is 40.2 Å². The fourth-order valence-corrected chi connectivity index (χ4v) is 2.63. The number of aromatic nitrogens is 3. The number of rotatable bonds is 2. The fraction of sp³-hybridized carbons (Fsp3) is 0.500. The number of imidazole rings is 1. The number of pyridine rings is 1. The normalized spacial score (nSPS) is 14.3. The number of anilines is 1. The molecule has 1 aliphatic rings. The lowest BCUT2D eigenvalue weighted by molar-refractivity contribution is 0.524. The van der Waals surface area contributed by atoms with Crippen LogP contribution in [0.25, 0.3) is 11.0 Å². The van der Waals surface area contributed by atoms with Crippen LogP contribution in [0, 0.1) is 12.8 Å². The standard InChI is InChI=1S/C14H19N5/c1-8(2)7-19-9(3)17-12-13(19)11-10(18-14(12)15)5-4-6-16-11/h6,8H,4-5,7H2,1-3H3,(H2,15,18). The molecule has 5 heteroatoms. The van der Waals surface area contributed by atoms with Gasteiger partial charge in [0.1, 0.15) is 17.0 Å². The van der Waals surface area contributed by atoms with Gasteiger partial charge in [-0.3, -0.25) is 4.99 Å². The van der Waals surface area contributed by atoms with Crippen LogP contribution < -0.4 is 5.73 Å². The molecule has 5 nitrogen and oxygen atoms in total. The van der Waals surface area contributed by atoms with Crippen molar-refractivity contribution < 1.29 is 0 Å². The third kappa shape index (κ3) is 1.89. The van der Waals surface area contributed by atoms with Gasteiger partial charge >= 0.3 is 0 Å². The van der Waals surface area contributed by atoms with E-state index in [1.807, 2.05) is 13.1 Å². The lowest BCUT2D eigenvalue weighted by Crippen LogP contribution is -2.08. The molecule has 100 valence electrons. The molecule has 2 aromatic rings. The van der Waals surface area contributed by atoms with Crippen molar-refractivity contribution in [3.63, 3.8) is 0 Å². The maximum Gasteiger partial charge on any atom is 0.152 e. The highest BCUT2D eigenvalue weighted by atomic mass is 15.1. The van der Waals surface area contributed by atoms with E-state index in [-0.39, 0.29) is 0 Å². The van der Waals surface area contributed by atoms with Crippen LogP contribution in [0.1, 0.15) is 31.8 Å². The second-order valence-electron chi connectivity index (χ2n) is 5.50. The largest absolute Gasteiger partial charge is 0.382 e. The summed E-state index contributed by atoms with van der Waals surface area (Å²) in [5.74, 6) is 2.05. The van der Waals surface area contributed by atoms with Gasteiger partial charge in [0.15, 0.2) is 5.82 Å². The highest BCUT2D eigenvalue weighted by Crippen LogP contribution is 2.35. The van der Waals surface area contributed by atoms with E-state index in [9.17, 15) is 0 Å². The first kappa shape index (κ1) is 12.1. The van der Waals surface area contributed by atoms with Crippen LogP contribution in [0.15, 0.2) is 4.99 Å². The highest BCUT2D eigenvalue weighted by Gasteiger charge is 2.20. The third-order valence-corrected chi connectivity index (χ3v) is 3.43. The second kappa shape index (κ2) is 4.33. The van der Waals surface area contributed by atoms with Crippen LogP contribution >= 0.6 is 0 Å². The van der Waals surface area contributed by atoms with E-state index < -0.39 is 0 Å². The Hall–Kier alpha value is -1.91. The van der Waals surface area contributed by atoms with Gasteiger partial charge in [-0.05, 0) is 25.7 Å². The maximum absolute atomic E-state index is 6.05. The molecule has 2 N–H and O–H groups in total. The minimum atomic E-state index is 0.524. The molecule has 1 aliphatic heterocycles. The molecule has 0 bridgehead atoms. The SMILES string of the molecule is Cc1nc2c(N)nc3c(c2n1CC(C)C)N=CCC3. The van der Waals surface area contributed by atoms with E-state index in [1.54, 1.807) is 0 Å². The Bertz CT molecular complexity index is 666. The smallest absolute Gasteiger partial charge is 0.152 e. The van der Waals surface area contributed by atoms with Gasteiger partial charge in [-0.2, -0.15) is 0 Å². The lowest BCUT2D eigenvalue weighted by Gasteiger charge is -2.15. The Balaban J connectivity index is 2.35. The zero-order chi connectivity index (χ0) is 13.6.